The Balaban J connectivity index is 1.90. The van der Waals surface area contributed by atoms with Crippen molar-refractivity contribution in [2.45, 2.75) is 13.3 Å². The molecule has 0 fully saturated rings. The number of rotatable bonds is 5. The minimum absolute atomic E-state index is 0.0579. The molecule has 0 saturated carbocycles. The lowest BCUT2D eigenvalue weighted by Gasteiger charge is -2.10. The number of benzene rings is 2. The van der Waals surface area contributed by atoms with Gasteiger partial charge in [0.2, 0.25) is 5.78 Å². The number of ether oxygens (including phenoxy) is 3. The van der Waals surface area contributed by atoms with E-state index in [9.17, 15) is 9.90 Å². The van der Waals surface area contributed by atoms with Gasteiger partial charge in [-0.25, -0.2) is 0 Å². The van der Waals surface area contributed by atoms with Gasteiger partial charge in [-0.1, -0.05) is 13.0 Å². The number of Topliss-reactive ketones (excluding diaryl/α,β-unsaturated/α-hetero) is 1. The zero-order chi connectivity index (χ0) is 17.1. The number of ketones is 1. The highest BCUT2D eigenvalue weighted by molar-refractivity contribution is 6.14. The normalized spacial score (nSPS) is 14.4. The van der Waals surface area contributed by atoms with Crippen molar-refractivity contribution in [3.63, 3.8) is 0 Å². The van der Waals surface area contributed by atoms with Crippen LogP contribution >= 0.6 is 0 Å². The topological polar surface area (TPSA) is 65.0 Å². The first-order valence-corrected chi connectivity index (χ1v) is 7.70. The lowest BCUT2D eigenvalue weighted by molar-refractivity contribution is 0.101. The lowest BCUT2D eigenvalue weighted by atomic mass is 10.1. The summed E-state index contributed by atoms with van der Waals surface area (Å²) in [5.74, 6) is 1.68. The van der Waals surface area contributed by atoms with Crippen LogP contribution in [0.25, 0.3) is 6.08 Å². The molecule has 0 spiro atoms. The molecule has 0 bridgehead atoms. The van der Waals surface area contributed by atoms with Crippen LogP contribution in [-0.2, 0) is 0 Å². The first-order valence-electron chi connectivity index (χ1n) is 7.70. The van der Waals surface area contributed by atoms with E-state index in [4.69, 9.17) is 14.2 Å². The highest BCUT2D eigenvalue weighted by atomic mass is 16.5. The third kappa shape index (κ3) is 3.06. The monoisotopic (exact) mass is 326 g/mol. The van der Waals surface area contributed by atoms with Crippen molar-refractivity contribution in [1.82, 2.24) is 0 Å². The maximum Gasteiger partial charge on any atom is 0.231 e. The van der Waals surface area contributed by atoms with Crippen LogP contribution < -0.4 is 14.2 Å². The molecule has 0 amide bonds. The van der Waals surface area contributed by atoms with Gasteiger partial charge in [-0.2, -0.15) is 0 Å². The molecule has 5 heteroatoms. The van der Waals surface area contributed by atoms with E-state index in [1.54, 1.807) is 31.4 Å². The number of hydrogen-bond acceptors (Lipinski definition) is 5. The number of carbonyl (C=O) groups excluding carboxylic acids is 1. The summed E-state index contributed by atoms with van der Waals surface area (Å²) in [6.07, 6.45) is 2.53. The Morgan fingerprint density at radius 3 is 2.75 bits per heavy atom. The Morgan fingerprint density at radius 1 is 1.17 bits per heavy atom. The number of allylic oxidation sites excluding steroid dienone is 1. The molecule has 1 aliphatic heterocycles. The van der Waals surface area contributed by atoms with Crippen molar-refractivity contribution in [2.24, 2.45) is 0 Å². The smallest absolute Gasteiger partial charge is 0.231 e. The average molecular weight is 326 g/mol. The maximum absolute atomic E-state index is 12.4. The molecular weight excluding hydrogens is 308 g/mol. The Bertz CT molecular complexity index is 807. The van der Waals surface area contributed by atoms with E-state index in [1.807, 2.05) is 13.0 Å². The highest BCUT2D eigenvalue weighted by Gasteiger charge is 2.27. The first kappa shape index (κ1) is 15.9. The van der Waals surface area contributed by atoms with Crippen molar-refractivity contribution in [2.75, 3.05) is 13.7 Å². The molecule has 0 aromatic heterocycles. The van der Waals surface area contributed by atoms with Gasteiger partial charge >= 0.3 is 0 Å². The van der Waals surface area contributed by atoms with Gasteiger partial charge in [0.25, 0.3) is 0 Å². The first-order chi connectivity index (χ1) is 11.6. The van der Waals surface area contributed by atoms with E-state index in [1.165, 1.54) is 12.1 Å². The summed E-state index contributed by atoms with van der Waals surface area (Å²) in [6, 6.07) is 9.86. The summed E-state index contributed by atoms with van der Waals surface area (Å²) in [5, 5.41) is 9.49. The molecule has 24 heavy (non-hydrogen) atoms. The standard InChI is InChI=1S/C19H18O5/c1-3-8-23-17-9-12(4-7-15(17)22-2)10-18-19(21)14-6-5-13(20)11-16(14)24-18/h4-7,9-11,20H,3,8H2,1-2H3/b18-10-. The third-order valence-electron chi connectivity index (χ3n) is 3.60. The van der Waals surface area contributed by atoms with Crippen molar-refractivity contribution < 1.29 is 24.1 Å². The van der Waals surface area contributed by atoms with E-state index in [-0.39, 0.29) is 17.3 Å². The molecule has 0 saturated heterocycles. The molecule has 1 aliphatic rings. The number of phenols is 1. The molecular formula is C19H18O5. The van der Waals surface area contributed by atoms with Gasteiger partial charge in [0.1, 0.15) is 11.5 Å². The minimum Gasteiger partial charge on any atom is -0.508 e. The number of phenolic OH excluding ortho intramolecular Hbond substituents is 1. The van der Waals surface area contributed by atoms with Crippen LogP contribution in [0, 0.1) is 0 Å². The van der Waals surface area contributed by atoms with Crippen molar-refractivity contribution in [1.29, 1.82) is 0 Å². The van der Waals surface area contributed by atoms with Gasteiger partial charge in [-0.05, 0) is 42.3 Å². The summed E-state index contributed by atoms with van der Waals surface area (Å²) < 4.78 is 16.5. The zero-order valence-electron chi connectivity index (χ0n) is 13.5. The summed E-state index contributed by atoms with van der Waals surface area (Å²) in [6.45, 7) is 2.60. The van der Waals surface area contributed by atoms with Gasteiger partial charge in [0, 0.05) is 6.07 Å². The Hall–Kier alpha value is -2.95. The fourth-order valence-electron chi connectivity index (χ4n) is 2.43. The largest absolute Gasteiger partial charge is 0.508 e. The molecule has 2 aromatic rings. The van der Waals surface area contributed by atoms with Crippen LogP contribution in [0.15, 0.2) is 42.2 Å². The number of fused-ring (bicyclic) bond motifs is 1. The molecule has 0 unspecified atom stereocenters. The molecule has 1 N–H and O–H groups in total. The van der Waals surface area contributed by atoms with E-state index in [0.29, 0.717) is 29.4 Å². The Labute approximate surface area is 140 Å². The Kier molecular flexibility index (Phi) is 4.42. The number of carbonyl (C=O) groups is 1. The molecule has 1 heterocycles. The predicted octanol–water partition coefficient (Wildman–Crippen LogP) is 3.81. The van der Waals surface area contributed by atoms with Crippen LogP contribution in [0.5, 0.6) is 23.0 Å². The maximum atomic E-state index is 12.4. The summed E-state index contributed by atoms with van der Waals surface area (Å²) >= 11 is 0. The van der Waals surface area contributed by atoms with E-state index in [0.717, 1.165) is 12.0 Å². The van der Waals surface area contributed by atoms with Crippen molar-refractivity contribution >= 4 is 11.9 Å². The van der Waals surface area contributed by atoms with Gasteiger partial charge < -0.3 is 19.3 Å². The minimum atomic E-state index is -0.211. The second-order valence-corrected chi connectivity index (χ2v) is 5.38. The molecule has 0 radical (unpaired) electrons. The third-order valence-corrected chi connectivity index (χ3v) is 3.60. The Morgan fingerprint density at radius 2 is 2.00 bits per heavy atom. The molecule has 3 rings (SSSR count). The second kappa shape index (κ2) is 6.66. The van der Waals surface area contributed by atoms with Gasteiger partial charge in [-0.3, -0.25) is 4.79 Å². The van der Waals surface area contributed by atoms with Crippen molar-refractivity contribution in [3.8, 4) is 23.0 Å². The van der Waals surface area contributed by atoms with Crippen LogP contribution in [0.4, 0.5) is 0 Å². The van der Waals surface area contributed by atoms with Crippen LogP contribution in [0.1, 0.15) is 29.3 Å². The fraction of sp³-hybridized carbons (Fsp3) is 0.211. The van der Waals surface area contributed by atoms with E-state index in [2.05, 4.69) is 0 Å². The zero-order valence-corrected chi connectivity index (χ0v) is 13.5. The predicted molar refractivity (Wildman–Crippen MR) is 89.8 cm³/mol. The molecule has 0 aliphatic carbocycles. The summed E-state index contributed by atoms with van der Waals surface area (Å²) in [5.41, 5.74) is 1.21. The second-order valence-electron chi connectivity index (χ2n) is 5.38. The average Bonchev–Trinajstić information content (AvgIpc) is 2.88. The van der Waals surface area contributed by atoms with Gasteiger partial charge in [0.15, 0.2) is 17.3 Å². The quantitative estimate of drug-likeness (QED) is 0.847. The lowest BCUT2D eigenvalue weighted by Crippen LogP contribution is -2.00. The molecule has 2 aromatic carbocycles. The molecule has 5 nitrogen and oxygen atoms in total. The fourth-order valence-corrected chi connectivity index (χ4v) is 2.43. The van der Waals surface area contributed by atoms with Gasteiger partial charge in [-0.15, -0.1) is 0 Å². The summed E-state index contributed by atoms with van der Waals surface area (Å²) in [4.78, 5) is 12.4. The molecule has 124 valence electrons. The number of aromatic hydroxyl groups is 1. The van der Waals surface area contributed by atoms with Crippen LogP contribution in [-0.4, -0.2) is 24.6 Å². The van der Waals surface area contributed by atoms with Crippen molar-refractivity contribution in [3.05, 3.63) is 53.3 Å². The number of methoxy groups -OCH3 is 1. The van der Waals surface area contributed by atoms with Crippen LogP contribution in [0.2, 0.25) is 0 Å². The van der Waals surface area contributed by atoms with E-state index < -0.39 is 0 Å². The highest BCUT2D eigenvalue weighted by Crippen LogP contribution is 2.35. The number of hydrogen-bond donors (Lipinski definition) is 1. The summed E-state index contributed by atoms with van der Waals surface area (Å²) in [7, 11) is 1.58. The van der Waals surface area contributed by atoms with Crippen LogP contribution in [0.3, 0.4) is 0 Å². The van der Waals surface area contributed by atoms with E-state index >= 15 is 0 Å². The molecule has 0 atom stereocenters. The van der Waals surface area contributed by atoms with Gasteiger partial charge in [0.05, 0.1) is 19.3 Å². The SMILES string of the molecule is CCCOc1cc(/C=C2\Oc3cc(O)ccc3C2=O)ccc1OC.